The van der Waals surface area contributed by atoms with Crippen molar-refractivity contribution in [1.82, 2.24) is 10.3 Å². The summed E-state index contributed by atoms with van der Waals surface area (Å²) in [5.41, 5.74) is 1.07. The van der Waals surface area contributed by atoms with Crippen LogP contribution in [-0.2, 0) is 6.54 Å². The van der Waals surface area contributed by atoms with Gasteiger partial charge in [0.25, 0.3) is 0 Å². The third-order valence-corrected chi connectivity index (χ3v) is 2.67. The number of anilines is 1. The fourth-order valence-corrected chi connectivity index (χ4v) is 1.80. The molecule has 0 atom stereocenters. The quantitative estimate of drug-likeness (QED) is 0.691. The Kier molecular flexibility index (Phi) is 6.90. The second-order valence-corrected chi connectivity index (χ2v) is 4.99. The molecule has 1 aromatic heterocycles. The lowest BCUT2D eigenvalue weighted by Gasteiger charge is -2.21. The van der Waals surface area contributed by atoms with E-state index in [0.717, 1.165) is 37.7 Å². The summed E-state index contributed by atoms with van der Waals surface area (Å²) in [6, 6.07) is 6.13. The van der Waals surface area contributed by atoms with Gasteiger partial charge in [0, 0.05) is 19.6 Å². The van der Waals surface area contributed by atoms with Crippen molar-refractivity contribution in [2.75, 3.05) is 24.5 Å². The number of nitrogens with zero attached hydrogens (tertiary/aromatic N) is 2. The maximum Gasteiger partial charge on any atom is 0.129 e. The summed E-state index contributed by atoms with van der Waals surface area (Å²) in [7, 11) is 0. The van der Waals surface area contributed by atoms with Gasteiger partial charge in [-0.25, -0.2) is 4.98 Å². The minimum Gasteiger partial charge on any atom is -0.349 e. The van der Waals surface area contributed by atoms with Crippen molar-refractivity contribution in [3.63, 3.8) is 0 Å². The van der Waals surface area contributed by atoms with Gasteiger partial charge in [-0.15, -0.1) is 13.2 Å². The van der Waals surface area contributed by atoms with Crippen LogP contribution in [0.25, 0.3) is 0 Å². The highest BCUT2D eigenvalue weighted by atomic mass is 15.2. The maximum absolute atomic E-state index is 4.68. The first-order chi connectivity index (χ1) is 9.17. The number of hydrogen-bond acceptors (Lipinski definition) is 3. The van der Waals surface area contributed by atoms with E-state index in [1.165, 1.54) is 0 Å². The van der Waals surface area contributed by atoms with E-state index in [0.29, 0.717) is 5.92 Å². The van der Waals surface area contributed by atoms with Crippen LogP contribution in [-0.4, -0.2) is 24.6 Å². The van der Waals surface area contributed by atoms with Gasteiger partial charge < -0.3 is 10.2 Å². The standard InChI is InChI=1S/C16H25N3/c1-5-10-19(11-6-2)16-9-7-8-15(18-16)13-17-12-14(3)4/h5-9,14,17H,1-2,10-13H2,3-4H3. The fourth-order valence-electron chi connectivity index (χ4n) is 1.80. The smallest absolute Gasteiger partial charge is 0.129 e. The molecule has 0 saturated heterocycles. The topological polar surface area (TPSA) is 28.2 Å². The minimum atomic E-state index is 0.654. The highest BCUT2D eigenvalue weighted by molar-refractivity contribution is 5.40. The van der Waals surface area contributed by atoms with Crippen molar-refractivity contribution >= 4 is 5.82 Å². The summed E-state index contributed by atoms with van der Waals surface area (Å²) in [6.07, 6.45) is 3.77. The molecule has 0 unspecified atom stereocenters. The second kappa shape index (κ2) is 8.48. The molecule has 104 valence electrons. The zero-order valence-corrected chi connectivity index (χ0v) is 12.1. The summed E-state index contributed by atoms with van der Waals surface area (Å²) in [5, 5.41) is 3.41. The number of rotatable bonds is 9. The van der Waals surface area contributed by atoms with Gasteiger partial charge in [0.2, 0.25) is 0 Å². The van der Waals surface area contributed by atoms with Crippen molar-refractivity contribution in [1.29, 1.82) is 0 Å². The molecule has 0 aliphatic carbocycles. The van der Waals surface area contributed by atoms with Crippen molar-refractivity contribution in [2.45, 2.75) is 20.4 Å². The minimum absolute atomic E-state index is 0.654. The first-order valence-corrected chi connectivity index (χ1v) is 6.80. The number of pyridine rings is 1. The Labute approximate surface area is 117 Å². The van der Waals surface area contributed by atoms with Crippen molar-refractivity contribution in [2.24, 2.45) is 5.92 Å². The molecule has 0 fully saturated rings. The maximum atomic E-state index is 4.68. The SMILES string of the molecule is C=CCN(CC=C)c1cccc(CNCC(C)C)n1. The van der Waals surface area contributed by atoms with E-state index in [1.54, 1.807) is 0 Å². The zero-order chi connectivity index (χ0) is 14.1. The van der Waals surface area contributed by atoms with E-state index in [4.69, 9.17) is 0 Å². The molecule has 3 nitrogen and oxygen atoms in total. The van der Waals surface area contributed by atoms with E-state index in [-0.39, 0.29) is 0 Å². The Balaban J connectivity index is 2.68. The van der Waals surface area contributed by atoms with E-state index in [2.05, 4.69) is 48.3 Å². The average molecular weight is 259 g/mol. The third-order valence-electron chi connectivity index (χ3n) is 2.67. The van der Waals surface area contributed by atoms with E-state index >= 15 is 0 Å². The van der Waals surface area contributed by atoms with Gasteiger partial charge in [0.1, 0.15) is 5.82 Å². The molecule has 0 aliphatic heterocycles. The molecule has 0 amide bonds. The molecule has 0 saturated carbocycles. The normalized spacial score (nSPS) is 10.5. The van der Waals surface area contributed by atoms with Crippen LogP contribution in [0.4, 0.5) is 5.82 Å². The number of aromatic nitrogens is 1. The Hall–Kier alpha value is -1.61. The Bertz CT molecular complexity index is 389. The van der Waals surface area contributed by atoms with Crippen LogP contribution in [0.1, 0.15) is 19.5 Å². The molecule has 0 aliphatic rings. The van der Waals surface area contributed by atoms with Gasteiger partial charge in [0.15, 0.2) is 0 Å². The van der Waals surface area contributed by atoms with Gasteiger partial charge in [-0.1, -0.05) is 32.1 Å². The van der Waals surface area contributed by atoms with Gasteiger partial charge >= 0.3 is 0 Å². The molecule has 1 aromatic rings. The lowest BCUT2D eigenvalue weighted by atomic mass is 10.2. The predicted molar refractivity (Wildman–Crippen MR) is 83.4 cm³/mol. The van der Waals surface area contributed by atoms with Crippen molar-refractivity contribution in [3.8, 4) is 0 Å². The molecule has 0 radical (unpaired) electrons. The van der Waals surface area contributed by atoms with Crippen LogP contribution in [0.15, 0.2) is 43.5 Å². The molecule has 0 spiro atoms. The van der Waals surface area contributed by atoms with Crippen LogP contribution >= 0.6 is 0 Å². The molecule has 0 bridgehead atoms. The summed E-state index contributed by atoms with van der Waals surface area (Å²) in [5.74, 6) is 1.63. The first-order valence-electron chi connectivity index (χ1n) is 6.80. The van der Waals surface area contributed by atoms with E-state index < -0.39 is 0 Å². The van der Waals surface area contributed by atoms with E-state index in [9.17, 15) is 0 Å². The van der Waals surface area contributed by atoms with Crippen LogP contribution in [0.3, 0.4) is 0 Å². The van der Waals surface area contributed by atoms with E-state index in [1.807, 2.05) is 24.3 Å². The summed E-state index contributed by atoms with van der Waals surface area (Å²) < 4.78 is 0. The van der Waals surface area contributed by atoms with Crippen LogP contribution in [0.2, 0.25) is 0 Å². The van der Waals surface area contributed by atoms with Gasteiger partial charge in [0.05, 0.1) is 5.69 Å². The Morgan fingerprint density at radius 1 is 1.26 bits per heavy atom. The molecular weight excluding hydrogens is 234 g/mol. The van der Waals surface area contributed by atoms with Crippen LogP contribution in [0, 0.1) is 5.92 Å². The molecule has 19 heavy (non-hydrogen) atoms. The number of nitrogens with one attached hydrogen (secondary N) is 1. The van der Waals surface area contributed by atoms with Crippen LogP contribution < -0.4 is 10.2 Å². The lowest BCUT2D eigenvalue weighted by Crippen LogP contribution is -2.25. The highest BCUT2D eigenvalue weighted by Gasteiger charge is 2.05. The highest BCUT2D eigenvalue weighted by Crippen LogP contribution is 2.11. The zero-order valence-electron chi connectivity index (χ0n) is 12.1. The lowest BCUT2D eigenvalue weighted by molar-refractivity contribution is 0.548. The van der Waals surface area contributed by atoms with Gasteiger partial charge in [-0.3, -0.25) is 0 Å². The molecule has 1 rings (SSSR count). The molecule has 0 aromatic carbocycles. The summed E-state index contributed by atoms with van der Waals surface area (Å²) in [4.78, 5) is 6.82. The van der Waals surface area contributed by atoms with Crippen molar-refractivity contribution < 1.29 is 0 Å². The average Bonchev–Trinajstić information content (AvgIpc) is 2.38. The summed E-state index contributed by atoms with van der Waals surface area (Å²) >= 11 is 0. The molecule has 1 N–H and O–H groups in total. The Morgan fingerprint density at radius 3 is 2.53 bits per heavy atom. The Morgan fingerprint density at radius 2 is 1.95 bits per heavy atom. The number of hydrogen-bond donors (Lipinski definition) is 1. The van der Waals surface area contributed by atoms with Crippen molar-refractivity contribution in [3.05, 3.63) is 49.2 Å². The monoisotopic (exact) mass is 259 g/mol. The largest absolute Gasteiger partial charge is 0.349 e. The fraction of sp³-hybridized carbons (Fsp3) is 0.438. The first kappa shape index (κ1) is 15.4. The van der Waals surface area contributed by atoms with Gasteiger partial charge in [-0.05, 0) is 24.6 Å². The van der Waals surface area contributed by atoms with Crippen LogP contribution in [0.5, 0.6) is 0 Å². The summed E-state index contributed by atoms with van der Waals surface area (Å²) in [6.45, 7) is 15.3. The molecule has 1 heterocycles. The molecular formula is C16H25N3. The predicted octanol–water partition coefficient (Wildman–Crippen LogP) is 3.01. The molecule has 3 heteroatoms. The van der Waals surface area contributed by atoms with Gasteiger partial charge in [-0.2, -0.15) is 0 Å². The third kappa shape index (κ3) is 5.71. The second-order valence-electron chi connectivity index (χ2n) is 4.99.